The molecule has 0 saturated carbocycles. The topological polar surface area (TPSA) is 62.6 Å². The molecular weight excluding hydrogens is 266 g/mol. The van der Waals surface area contributed by atoms with Gasteiger partial charge in [0.15, 0.2) is 6.54 Å². The maximum absolute atomic E-state index is 12.0. The molecule has 114 valence electrons. The Kier molecular flexibility index (Phi) is 5.33. The minimum atomic E-state index is -0.478. The first-order valence-electron chi connectivity index (χ1n) is 7.57. The third-order valence-electron chi connectivity index (χ3n) is 3.84. The van der Waals surface area contributed by atoms with Gasteiger partial charge in [-0.25, -0.2) is 0 Å². The zero-order chi connectivity index (χ0) is 15.2. The van der Waals surface area contributed by atoms with Gasteiger partial charge in [-0.15, -0.1) is 0 Å². The molecule has 0 aromatic heterocycles. The van der Waals surface area contributed by atoms with Crippen molar-refractivity contribution in [1.82, 2.24) is 10.6 Å². The fourth-order valence-corrected chi connectivity index (χ4v) is 2.71. The monoisotopic (exact) mass is 290 g/mol. The van der Waals surface area contributed by atoms with Gasteiger partial charge < -0.3 is 15.5 Å². The van der Waals surface area contributed by atoms with Crippen LogP contribution < -0.4 is 15.5 Å². The number of hydrogen-bond acceptors (Lipinski definition) is 2. The second kappa shape index (κ2) is 7.22. The molecule has 1 heterocycles. The van der Waals surface area contributed by atoms with Crippen LogP contribution in [0.2, 0.25) is 0 Å². The van der Waals surface area contributed by atoms with E-state index in [9.17, 15) is 9.59 Å². The van der Waals surface area contributed by atoms with Gasteiger partial charge in [-0.1, -0.05) is 24.3 Å². The maximum atomic E-state index is 12.0. The van der Waals surface area contributed by atoms with Crippen molar-refractivity contribution < 1.29 is 14.5 Å². The first-order chi connectivity index (χ1) is 10.1. The van der Waals surface area contributed by atoms with Crippen LogP contribution in [0.1, 0.15) is 25.0 Å². The van der Waals surface area contributed by atoms with Gasteiger partial charge >= 0.3 is 0 Å². The van der Waals surface area contributed by atoms with Crippen LogP contribution in [0.25, 0.3) is 0 Å². The van der Waals surface area contributed by atoms with Crippen LogP contribution in [0.4, 0.5) is 0 Å². The van der Waals surface area contributed by atoms with Crippen LogP contribution in [0.3, 0.4) is 0 Å². The lowest BCUT2D eigenvalue weighted by Crippen LogP contribution is -3.13. The van der Waals surface area contributed by atoms with E-state index < -0.39 is 6.04 Å². The van der Waals surface area contributed by atoms with E-state index in [-0.39, 0.29) is 11.8 Å². The standard InChI is InChI=1S/C16H23N3O2/c1-3-17-16(21)12(2)18-15(20)11-19-9-8-13-6-4-5-7-14(13)10-19/h4-7,12H,3,8-11H2,1-2H3,(H,17,21)(H,18,20)/p+1/t12-/m0/s1. The fourth-order valence-electron chi connectivity index (χ4n) is 2.71. The number of quaternary nitrogens is 1. The van der Waals surface area contributed by atoms with Gasteiger partial charge in [0.2, 0.25) is 5.91 Å². The normalized spacial score (nSPS) is 18.5. The molecule has 5 heteroatoms. The molecule has 0 radical (unpaired) electrons. The molecule has 2 atom stereocenters. The minimum Gasteiger partial charge on any atom is -0.355 e. The van der Waals surface area contributed by atoms with Gasteiger partial charge in [-0.05, 0) is 19.4 Å². The van der Waals surface area contributed by atoms with E-state index >= 15 is 0 Å². The Labute approximate surface area is 125 Å². The molecule has 1 unspecified atom stereocenters. The van der Waals surface area contributed by atoms with Gasteiger partial charge in [0.25, 0.3) is 5.91 Å². The molecule has 5 nitrogen and oxygen atoms in total. The zero-order valence-corrected chi connectivity index (χ0v) is 12.7. The molecule has 0 fully saturated rings. The number of benzene rings is 1. The van der Waals surface area contributed by atoms with Gasteiger partial charge in [0, 0.05) is 18.5 Å². The van der Waals surface area contributed by atoms with Crippen molar-refractivity contribution in [2.45, 2.75) is 32.9 Å². The van der Waals surface area contributed by atoms with Crippen LogP contribution in [0.15, 0.2) is 24.3 Å². The highest BCUT2D eigenvalue weighted by molar-refractivity contribution is 5.87. The van der Waals surface area contributed by atoms with Crippen molar-refractivity contribution in [1.29, 1.82) is 0 Å². The highest BCUT2D eigenvalue weighted by atomic mass is 16.2. The predicted octanol–water partition coefficient (Wildman–Crippen LogP) is -0.732. The van der Waals surface area contributed by atoms with Crippen LogP contribution in [-0.4, -0.2) is 37.5 Å². The SMILES string of the molecule is CCNC(=O)[C@H](C)NC(=O)C[NH+]1CCc2ccccc2C1. The smallest absolute Gasteiger partial charge is 0.275 e. The minimum absolute atomic E-state index is 0.0665. The number of amides is 2. The second-order valence-corrected chi connectivity index (χ2v) is 5.56. The Morgan fingerprint density at radius 3 is 2.71 bits per heavy atom. The molecular formula is C16H24N3O2+. The fraction of sp³-hybridized carbons (Fsp3) is 0.500. The molecule has 0 aliphatic carbocycles. The van der Waals surface area contributed by atoms with Gasteiger partial charge in [-0.2, -0.15) is 0 Å². The Bertz CT molecular complexity index is 516. The highest BCUT2D eigenvalue weighted by Gasteiger charge is 2.23. The number of carbonyl (C=O) groups is 2. The maximum Gasteiger partial charge on any atom is 0.275 e. The number of nitrogens with one attached hydrogen (secondary N) is 3. The Balaban J connectivity index is 1.83. The van der Waals surface area contributed by atoms with Crippen LogP contribution in [-0.2, 0) is 22.6 Å². The van der Waals surface area contributed by atoms with E-state index in [1.165, 1.54) is 16.0 Å². The Hall–Kier alpha value is -1.88. The van der Waals surface area contributed by atoms with Gasteiger partial charge in [0.05, 0.1) is 6.54 Å². The number of hydrogen-bond donors (Lipinski definition) is 3. The van der Waals surface area contributed by atoms with Gasteiger partial charge in [0.1, 0.15) is 12.6 Å². The molecule has 1 aliphatic rings. The van der Waals surface area contributed by atoms with E-state index in [1.807, 2.05) is 13.0 Å². The van der Waals surface area contributed by atoms with E-state index in [2.05, 4.69) is 28.8 Å². The van der Waals surface area contributed by atoms with Crippen molar-refractivity contribution in [2.24, 2.45) is 0 Å². The van der Waals surface area contributed by atoms with E-state index in [0.29, 0.717) is 13.1 Å². The van der Waals surface area contributed by atoms with Crippen molar-refractivity contribution in [2.75, 3.05) is 19.6 Å². The van der Waals surface area contributed by atoms with Crippen LogP contribution in [0.5, 0.6) is 0 Å². The first kappa shape index (κ1) is 15.5. The summed E-state index contributed by atoms with van der Waals surface area (Å²) in [6, 6.07) is 7.91. The molecule has 2 rings (SSSR count). The van der Waals surface area contributed by atoms with Crippen molar-refractivity contribution in [3.8, 4) is 0 Å². The number of likely N-dealkylation sites (N-methyl/N-ethyl adjacent to an activating group) is 1. The molecule has 1 aromatic carbocycles. The average Bonchev–Trinajstić information content (AvgIpc) is 2.47. The first-order valence-corrected chi connectivity index (χ1v) is 7.57. The largest absolute Gasteiger partial charge is 0.355 e. The summed E-state index contributed by atoms with van der Waals surface area (Å²) in [7, 11) is 0. The quantitative estimate of drug-likeness (QED) is 0.669. The zero-order valence-electron chi connectivity index (χ0n) is 12.7. The molecule has 2 amide bonds. The lowest BCUT2D eigenvalue weighted by molar-refractivity contribution is -0.908. The summed E-state index contributed by atoms with van der Waals surface area (Å²) in [6.45, 7) is 6.40. The number of rotatable bonds is 5. The van der Waals surface area contributed by atoms with E-state index in [4.69, 9.17) is 0 Å². The Morgan fingerprint density at radius 1 is 1.29 bits per heavy atom. The van der Waals surface area contributed by atoms with Crippen molar-refractivity contribution in [3.05, 3.63) is 35.4 Å². The van der Waals surface area contributed by atoms with Crippen molar-refractivity contribution in [3.63, 3.8) is 0 Å². The molecule has 1 aromatic rings. The van der Waals surface area contributed by atoms with Crippen LogP contribution in [0, 0.1) is 0 Å². The summed E-state index contributed by atoms with van der Waals surface area (Å²) in [5.74, 6) is -0.201. The average molecular weight is 290 g/mol. The Morgan fingerprint density at radius 2 is 2.00 bits per heavy atom. The highest BCUT2D eigenvalue weighted by Crippen LogP contribution is 2.10. The second-order valence-electron chi connectivity index (χ2n) is 5.56. The van der Waals surface area contributed by atoms with E-state index in [1.54, 1.807) is 6.92 Å². The third-order valence-corrected chi connectivity index (χ3v) is 3.84. The third kappa shape index (κ3) is 4.29. The molecule has 0 spiro atoms. The van der Waals surface area contributed by atoms with Crippen molar-refractivity contribution >= 4 is 11.8 Å². The summed E-state index contributed by atoms with van der Waals surface area (Å²) in [5.41, 5.74) is 2.71. The lowest BCUT2D eigenvalue weighted by Gasteiger charge is -2.25. The number of carbonyl (C=O) groups excluding carboxylic acids is 2. The number of fused-ring (bicyclic) bond motifs is 1. The summed E-state index contributed by atoms with van der Waals surface area (Å²) in [4.78, 5) is 24.9. The lowest BCUT2D eigenvalue weighted by atomic mass is 10.00. The molecule has 21 heavy (non-hydrogen) atoms. The molecule has 1 aliphatic heterocycles. The van der Waals surface area contributed by atoms with Crippen LogP contribution >= 0.6 is 0 Å². The predicted molar refractivity (Wildman–Crippen MR) is 80.8 cm³/mol. The summed E-state index contributed by atoms with van der Waals surface area (Å²) < 4.78 is 0. The molecule has 0 bridgehead atoms. The molecule has 0 saturated heterocycles. The summed E-state index contributed by atoms with van der Waals surface area (Å²) in [6.07, 6.45) is 1.00. The summed E-state index contributed by atoms with van der Waals surface area (Å²) >= 11 is 0. The molecule has 3 N–H and O–H groups in total. The van der Waals surface area contributed by atoms with E-state index in [0.717, 1.165) is 19.5 Å². The summed E-state index contributed by atoms with van der Waals surface area (Å²) in [5, 5.41) is 5.47. The van der Waals surface area contributed by atoms with Gasteiger partial charge in [-0.3, -0.25) is 9.59 Å².